The summed E-state index contributed by atoms with van der Waals surface area (Å²) < 4.78 is 29.7. The van der Waals surface area contributed by atoms with E-state index in [0.717, 1.165) is 17.3 Å². The maximum Gasteiger partial charge on any atom is 0.348 e. The van der Waals surface area contributed by atoms with E-state index < -0.39 is 18.7 Å². The van der Waals surface area contributed by atoms with Gasteiger partial charge in [0.15, 0.2) is 5.16 Å². The van der Waals surface area contributed by atoms with Crippen molar-refractivity contribution >= 4 is 36.2 Å². The summed E-state index contributed by atoms with van der Waals surface area (Å²) in [5.74, 6) is -0.485. The molecule has 1 aliphatic rings. The number of halogens is 1. The van der Waals surface area contributed by atoms with Gasteiger partial charge in [-0.1, -0.05) is 29.0 Å². The zero-order valence-electron chi connectivity index (χ0n) is 11.7. The number of alkyl halides is 1. The van der Waals surface area contributed by atoms with E-state index in [1.54, 1.807) is 13.8 Å². The van der Waals surface area contributed by atoms with E-state index in [2.05, 4.69) is 22.6 Å². The van der Waals surface area contributed by atoms with Crippen molar-refractivity contribution in [3.05, 3.63) is 0 Å². The smallest absolute Gasteiger partial charge is 0.348 e. The molecule has 7 heteroatoms. The number of esters is 1. The normalized spacial score (nSPS) is 27.5. The first-order valence-electron chi connectivity index (χ1n) is 6.56. The summed E-state index contributed by atoms with van der Waals surface area (Å²) in [5.41, 5.74) is 0. The SMILES string of the molecule is CCOP(=O)(OCC)[C@@]1(C(=O)OC)CCC[C@H]1CI. The molecule has 0 saturated heterocycles. The standard InChI is InChI=1S/C12H22IO5P/c1-4-17-19(15,18-5-2)12(11(14)16-3)8-6-7-10(12)9-13/h10H,4-9H2,1-3H3/t10-,12-/m0/s1. The first-order valence-corrected chi connectivity index (χ1v) is 9.62. The van der Waals surface area contributed by atoms with E-state index in [0.29, 0.717) is 6.42 Å². The fourth-order valence-electron chi connectivity index (χ4n) is 2.79. The van der Waals surface area contributed by atoms with Crippen LogP contribution in [0.3, 0.4) is 0 Å². The number of hydrogen-bond donors (Lipinski definition) is 0. The minimum atomic E-state index is -3.52. The second-order valence-corrected chi connectivity index (χ2v) is 7.68. The van der Waals surface area contributed by atoms with Crippen LogP contribution >= 0.6 is 30.2 Å². The Bertz CT molecular complexity index is 352. The molecule has 0 radical (unpaired) electrons. The average Bonchev–Trinajstić information content (AvgIpc) is 2.83. The zero-order valence-corrected chi connectivity index (χ0v) is 14.7. The molecule has 0 aromatic carbocycles. The molecule has 5 nitrogen and oxygen atoms in total. The summed E-state index contributed by atoms with van der Waals surface area (Å²) >= 11 is 2.22. The third-order valence-electron chi connectivity index (χ3n) is 3.60. The lowest BCUT2D eigenvalue weighted by atomic mass is 9.97. The Hall–Kier alpha value is 0.350. The van der Waals surface area contributed by atoms with Gasteiger partial charge >= 0.3 is 13.6 Å². The summed E-state index contributed by atoms with van der Waals surface area (Å²) in [7, 11) is -2.19. The molecule has 0 unspecified atom stereocenters. The van der Waals surface area contributed by atoms with E-state index in [9.17, 15) is 9.36 Å². The van der Waals surface area contributed by atoms with Crippen LogP contribution in [-0.2, 0) is 23.1 Å². The van der Waals surface area contributed by atoms with Crippen LogP contribution in [0.15, 0.2) is 0 Å². The van der Waals surface area contributed by atoms with Crippen LogP contribution in [0, 0.1) is 5.92 Å². The second-order valence-electron chi connectivity index (χ2n) is 4.49. The molecule has 19 heavy (non-hydrogen) atoms. The molecule has 0 aromatic heterocycles. The topological polar surface area (TPSA) is 61.8 Å². The Morgan fingerprint density at radius 2 is 1.95 bits per heavy atom. The van der Waals surface area contributed by atoms with Crippen LogP contribution in [-0.4, -0.2) is 35.9 Å². The van der Waals surface area contributed by atoms with Gasteiger partial charge in [-0.2, -0.15) is 0 Å². The molecular weight excluding hydrogens is 382 g/mol. The highest BCUT2D eigenvalue weighted by molar-refractivity contribution is 14.1. The minimum Gasteiger partial charge on any atom is -0.468 e. The Labute approximate surface area is 128 Å². The molecule has 0 aromatic rings. The molecule has 2 atom stereocenters. The van der Waals surface area contributed by atoms with E-state index in [4.69, 9.17) is 13.8 Å². The summed E-state index contributed by atoms with van der Waals surface area (Å²) in [5, 5.41) is -1.13. The van der Waals surface area contributed by atoms with Gasteiger partial charge in [0.2, 0.25) is 0 Å². The van der Waals surface area contributed by atoms with Crippen molar-refractivity contribution in [1.29, 1.82) is 0 Å². The predicted octanol–water partition coefficient (Wildman–Crippen LogP) is 3.40. The lowest BCUT2D eigenvalue weighted by Gasteiger charge is -2.37. The highest BCUT2D eigenvalue weighted by Crippen LogP contribution is 2.68. The molecular formula is C12H22IO5P. The third kappa shape index (κ3) is 3.01. The van der Waals surface area contributed by atoms with E-state index >= 15 is 0 Å². The maximum absolute atomic E-state index is 13.2. The summed E-state index contributed by atoms with van der Waals surface area (Å²) in [4.78, 5) is 12.3. The van der Waals surface area contributed by atoms with Crippen molar-refractivity contribution in [2.24, 2.45) is 5.92 Å². The van der Waals surface area contributed by atoms with E-state index in [-0.39, 0.29) is 19.1 Å². The van der Waals surface area contributed by atoms with Crippen molar-refractivity contribution in [1.82, 2.24) is 0 Å². The Morgan fingerprint density at radius 1 is 1.37 bits per heavy atom. The monoisotopic (exact) mass is 404 g/mol. The number of carbonyl (C=O) groups is 1. The van der Waals surface area contributed by atoms with Crippen LogP contribution in [0.2, 0.25) is 0 Å². The molecule has 1 aliphatic carbocycles. The van der Waals surface area contributed by atoms with Gasteiger partial charge in [0.25, 0.3) is 0 Å². The largest absolute Gasteiger partial charge is 0.468 e. The fourth-order valence-corrected chi connectivity index (χ4v) is 6.96. The molecule has 112 valence electrons. The van der Waals surface area contributed by atoms with E-state index in [1.165, 1.54) is 7.11 Å². The van der Waals surface area contributed by atoms with E-state index in [1.807, 2.05) is 0 Å². The first-order chi connectivity index (χ1) is 9.02. The van der Waals surface area contributed by atoms with Gasteiger partial charge in [-0.25, -0.2) is 0 Å². The summed E-state index contributed by atoms with van der Waals surface area (Å²) in [6.45, 7) is 4.02. The molecule has 0 spiro atoms. The molecule has 1 fully saturated rings. The number of hydrogen-bond acceptors (Lipinski definition) is 5. The number of methoxy groups -OCH3 is 1. The van der Waals surface area contributed by atoms with Gasteiger partial charge in [0, 0.05) is 4.43 Å². The molecule has 0 aliphatic heterocycles. The molecule has 0 N–H and O–H groups in total. The van der Waals surface area contributed by atoms with Crippen molar-refractivity contribution < 1.29 is 23.1 Å². The molecule has 0 amide bonds. The summed E-state index contributed by atoms with van der Waals surface area (Å²) in [6, 6.07) is 0. The van der Waals surface area contributed by atoms with Crippen molar-refractivity contribution in [3.63, 3.8) is 0 Å². The highest BCUT2D eigenvalue weighted by atomic mass is 127. The average molecular weight is 404 g/mol. The van der Waals surface area contributed by atoms with Crippen LogP contribution in [0.5, 0.6) is 0 Å². The van der Waals surface area contributed by atoms with Gasteiger partial charge in [0.05, 0.1) is 20.3 Å². The lowest BCUT2D eigenvalue weighted by molar-refractivity contribution is -0.145. The minimum absolute atomic E-state index is 0.0236. The third-order valence-corrected chi connectivity index (χ3v) is 7.61. The van der Waals surface area contributed by atoms with Gasteiger partial charge in [0.1, 0.15) is 0 Å². The number of carbonyl (C=O) groups excluding carboxylic acids is 1. The zero-order chi connectivity index (χ0) is 14.5. The van der Waals surface area contributed by atoms with Gasteiger partial charge in [-0.05, 0) is 32.6 Å². The Morgan fingerprint density at radius 3 is 2.37 bits per heavy atom. The molecule has 0 bridgehead atoms. The second kappa shape index (κ2) is 7.38. The van der Waals surface area contributed by atoms with Crippen LogP contribution in [0.1, 0.15) is 33.1 Å². The van der Waals surface area contributed by atoms with Gasteiger partial charge in [-0.3, -0.25) is 9.36 Å². The lowest BCUT2D eigenvalue weighted by Crippen LogP contribution is -2.44. The molecule has 1 rings (SSSR count). The Kier molecular flexibility index (Phi) is 6.76. The predicted molar refractivity (Wildman–Crippen MR) is 81.8 cm³/mol. The maximum atomic E-state index is 13.2. The summed E-state index contributed by atoms with van der Waals surface area (Å²) in [6.07, 6.45) is 2.19. The Balaban J connectivity index is 3.28. The fraction of sp³-hybridized carbons (Fsp3) is 0.917. The van der Waals surface area contributed by atoms with Gasteiger partial charge < -0.3 is 13.8 Å². The highest BCUT2D eigenvalue weighted by Gasteiger charge is 2.63. The van der Waals surface area contributed by atoms with Crippen LogP contribution in [0.4, 0.5) is 0 Å². The van der Waals surface area contributed by atoms with Crippen LogP contribution in [0.25, 0.3) is 0 Å². The first kappa shape index (κ1) is 17.4. The quantitative estimate of drug-likeness (QED) is 0.282. The van der Waals surface area contributed by atoms with Crippen LogP contribution < -0.4 is 0 Å². The van der Waals surface area contributed by atoms with Crippen molar-refractivity contribution in [2.45, 2.75) is 38.3 Å². The van der Waals surface area contributed by atoms with Gasteiger partial charge in [-0.15, -0.1) is 0 Å². The van der Waals surface area contributed by atoms with Crippen molar-refractivity contribution in [3.8, 4) is 0 Å². The molecule has 0 heterocycles. The number of ether oxygens (including phenoxy) is 1. The van der Waals surface area contributed by atoms with Crippen molar-refractivity contribution in [2.75, 3.05) is 24.8 Å². The number of rotatable bonds is 7. The molecule has 1 saturated carbocycles.